The largest absolute Gasteiger partial charge is 0.479 e. The van der Waals surface area contributed by atoms with E-state index in [1.807, 2.05) is 27.7 Å². The molecule has 37 heavy (non-hydrogen) atoms. The van der Waals surface area contributed by atoms with Crippen molar-refractivity contribution in [3.63, 3.8) is 0 Å². The van der Waals surface area contributed by atoms with Gasteiger partial charge in [-0.3, -0.25) is 9.97 Å². The molecule has 1 N–H and O–H groups in total. The first-order valence-corrected chi connectivity index (χ1v) is 13.1. The third kappa shape index (κ3) is 7.03. The van der Waals surface area contributed by atoms with Gasteiger partial charge in [0.15, 0.2) is 6.10 Å². The molecule has 1 aliphatic rings. The van der Waals surface area contributed by atoms with Gasteiger partial charge in [-0.2, -0.15) is 0 Å². The number of anilines is 1. The SMILES string of the molecule is CCCCC(F)(F)c1ccc(-c2cnc(C)c([C@H](OC(C)(C)C)C(=O)O)c2N2CCC(C)(C)CC2)nc1. The standard InChI is InChI=1S/C29H41F2N3O3/c1-8-9-12-29(30,31)20-10-11-22(33-17-20)21-18-32-19(2)23(25(26(35)36)37-27(3,4)5)24(21)34-15-13-28(6,7)14-16-34/h10-11,17-18,25H,8-9,12-16H2,1-7H3,(H,35,36)/t25-/m0/s1. The molecule has 1 fully saturated rings. The second kappa shape index (κ2) is 11.0. The van der Waals surface area contributed by atoms with Crippen LogP contribution in [0.4, 0.5) is 14.5 Å². The Balaban J connectivity index is 2.16. The van der Waals surface area contributed by atoms with E-state index in [9.17, 15) is 18.7 Å². The Morgan fingerprint density at radius 1 is 1.16 bits per heavy atom. The highest BCUT2D eigenvalue weighted by atomic mass is 19.3. The molecule has 2 aromatic rings. The first-order valence-electron chi connectivity index (χ1n) is 13.1. The van der Waals surface area contributed by atoms with Crippen LogP contribution in [0.15, 0.2) is 24.5 Å². The summed E-state index contributed by atoms with van der Waals surface area (Å²) < 4.78 is 35.3. The van der Waals surface area contributed by atoms with E-state index < -0.39 is 23.6 Å². The normalized spacial score (nSPS) is 17.1. The maximum atomic E-state index is 14.6. The first-order chi connectivity index (χ1) is 17.1. The highest BCUT2D eigenvalue weighted by Gasteiger charge is 2.36. The van der Waals surface area contributed by atoms with Crippen molar-refractivity contribution in [3.05, 3.63) is 41.3 Å². The van der Waals surface area contributed by atoms with Gasteiger partial charge in [-0.05, 0) is 64.5 Å². The van der Waals surface area contributed by atoms with Gasteiger partial charge >= 0.3 is 5.97 Å². The predicted molar refractivity (Wildman–Crippen MR) is 142 cm³/mol. The Morgan fingerprint density at radius 3 is 2.32 bits per heavy atom. The fourth-order valence-corrected chi connectivity index (χ4v) is 4.69. The van der Waals surface area contributed by atoms with Gasteiger partial charge in [0.05, 0.1) is 17.0 Å². The Labute approximate surface area is 219 Å². The van der Waals surface area contributed by atoms with Gasteiger partial charge in [0.2, 0.25) is 0 Å². The van der Waals surface area contributed by atoms with Crippen LogP contribution in [0.5, 0.6) is 0 Å². The first kappa shape index (κ1) is 29.0. The van der Waals surface area contributed by atoms with E-state index in [0.717, 1.165) is 25.9 Å². The number of nitrogens with zero attached hydrogens (tertiary/aromatic N) is 3. The van der Waals surface area contributed by atoms with Crippen molar-refractivity contribution in [2.45, 2.75) is 98.2 Å². The van der Waals surface area contributed by atoms with E-state index in [0.29, 0.717) is 41.0 Å². The molecule has 0 spiro atoms. The van der Waals surface area contributed by atoms with Crippen LogP contribution in [0.1, 0.15) is 96.6 Å². The van der Waals surface area contributed by atoms with E-state index in [1.165, 1.54) is 12.3 Å². The summed E-state index contributed by atoms with van der Waals surface area (Å²) in [5.74, 6) is -4.05. The summed E-state index contributed by atoms with van der Waals surface area (Å²) in [6.07, 6.45) is 4.42. The van der Waals surface area contributed by atoms with Crippen LogP contribution in [0.25, 0.3) is 11.3 Å². The number of aryl methyl sites for hydroxylation is 1. The molecule has 6 nitrogen and oxygen atoms in total. The Bertz CT molecular complexity index is 1080. The molecule has 0 aliphatic carbocycles. The zero-order valence-corrected chi connectivity index (χ0v) is 23.2. The summed E-state index contributed by atoms with van der Waals surface area (Å²) in [4.78, 5) is 23.6. The van der Waals surface area contributed by atoms with Crippen molar-refractivity contribution in [1.82, 2.24) is 9.97 Å². The number of ether oxygens (including phenoxy) is 1. The van der Waals surface area contributed by atoms with Crippen LogP contribution < -0.4 is 4.90 Å². The van der Waals surface area contributed by atoms with Gasteiger partial charge in [0, 0.05) is 54.3 Å². The minimum absolute atomic E-state index is 0.120. The van der Waals surface area contributed by atoms with Crippen LogP contribution in [-0.4, -0.2) is 39.7 Å². The maximum absolute atomic E-state index is 14.6. The summed E-state index contributed by atoms with van der Waals surface area (Å²) in [5, 5.41) is 10.2. The highest BCUT2D eigenvalue weighted by molar-refractivity contribution is 5.85. The average molecular weight is 518 g/mol. The number of hydrogen-bond donors (Lipinski definition) is 1. The molecule has 0 bridgehead atoms. The average Bonchev–Trinajstić information content (AvgIpc) is 2.81. The minimum Gasteiger partial charge on any atom is -0.479 e. The van der Waals surface area contributed by atoms with Crippen molar-refractivity contribution in [3.8, 4) is 11.3 Å². The van der Waals surface area contributed by atoms with Crippen LogP contribution in [0, 0.1) is 12.3 Å². The van der Waals surface area contributed by atoms with Crippen LogP contribution >= 0.6 is 0 Å². The number of carboxylic acid groups (broad SMARTS) is 1. The van der Waals surface area contributed by atoms with Crippen LogP contribution in [0.3, 0.4) is 0 Å². The summed E-state index contributed by atoms with van der Waals surface area (Å²) in [6.45, 7) is 15.0. The van der Waals surface area contributed by atoms with Crippen molar-refractivity contribution in [2.24, 2.45) is 5.41 Å². The van der Waals surface area contributed by atoms with Crippen LogP contribution in [-0.2, 0) is 15.5 Å². The van der Waals surface area contributed by atoms with E-state index >= 15 is 0 Å². The molecule has 0 saturated carbocycles. The van der Waals surface area contributed by atoms with Crippen molar-refractivity contribution >= 4 is 11.7 Å². The minimum atomic E-state index is -2.95. The molecule has 3 rings (SSSR count). The molecule has 2 aromatic heterocycles. The molecule has 3 heterocycles. The quantitative estimate of drug-likeness (QED) is 0.376. The molecule has 1 atom stereocenters. The lowest BCUT2D eigenvalue weighted by molar-refractivity contribution is -0.160. The predicted octanol–water partition coefficient (Wildman–Crippen LogP) is 7.30. The Hall–Kier alpha value is -2.61. The number of hydrogen-bond acceptors (Lipinski definition) is 5. The lowest BCUT2D eigenvalue weighted by Crippen LogP contribution is -2.39. The number of aliphatic carboxylic acids is 1. The number of halogens is 2. The fourth-order valence-electron chi connectivity index (χ4n) is 4.69. The number of piperidine rings is 1. The second-order valence-corrected chi connectivity index (χ2v) is 11.9. The molecule has 0 radical (unpaired) electrons. The van der Waals surface area contributed by atoms with Gasteiger partial charge in [0.1, 0.15) is 0 Å². The highest BCUT2D eigenvalue weighted by Crippen LogP contribution is 2.43. The summed E-state index contributed by atoms with van der Waals surface area (Å²) in [5.41, 5.74) is 2.19. The molecule has 0 amide bonds. The van der Waals surface area contributed by atoms with Gasteiger partial charge in [0.25, 0.3) is 5.92 Å². The number of unbranched alkanes of at least 4 members (excludes halogenated alkanes) is 1. The molecular formula is C29H41F2N3O3. The van der Waals surface area contributed by atoms with E-state index in [-0.39, 0.29) is 17.4 Å². The van der Waals surface area contributed by atoms with E-state index in [1.54, 1.807) is 19.2 Å². The number of aromatic nitrogens is 2. The topological polar surface area (TPSA) is 75.6 Å². The number of pyridine rings is 2. The smallest absolute Gasteiger partial charge is 0.337 e. The lowest BCUT2D eigenvalue weighted by atomic mass is 9.82. The molecule has 8 heteroatoms. The van der Waals surface area contributed by atoms with Gasteiger partial charge in [-0.15, -0.1) is 0 Å². The second-order valence-electron chi connectivity index (χ2n) is 11.9. The van der Waals surface area contributed by atoms with E-state index in [2.05, 4.69) is 28.7 Å². The van der Waals surface area contributed by atoms with Crippen LogP contribution in [0.2, 0.25) is 0 Å². The Kier molecular flexibility index (Phi) is 8.62. The number of carboxylic acids is 1. The van der Waals surface area contributed by atoms with E-state index in [4.69, 9.17) is 4.74 Å². The zero-order chi connectivity index (χ0) is 27.6. The summed E-state index contributed by atoms with van der Waals surface area (Å²) >= 11 is 0. The van der Waals surface area contributed by atoms with Crippen molar-refractivity contribution in [2.75, 3.05) is 18.0 Å². The Morgan fingerprint density at radius 2 is 1.81 bits per heavy atom. The third-order valence-electron chi connectivity index (χ3n) is 6.98. The number of carbonyl (C=O) groups is 1. The fraction of sp³-hybridized carbons (Fsp3) is 0.621. The number of rotatable bonds is 9. The molecule has 0 unspecified atom stereocenters. The van der Waals surface area contributed by atoms with Crippen molar-refractivity contribution in [1.29, 1.82) is 0 Å². The third-order valence-corrected chi connectivity index (χ3v) is 6.98. The van der Waals surface area contributed by atoms with Crippen molar-refractivity contribution < 1.29 is 23.4 Å². The number of alkyl halides is 2. The molecule has 0 aromatic carbocycles. The lowest BCUT2D eigenvalue weighted by Gasteiger charge is -2.40. The molecule has 1 saturated heterocycles. The molecule has 1 aliphatic heterocycles. The van der Waals surface area contributed by atoms with Gasteiger partial charge < -0.3 is 14.7 Å². The monoisotopic (exact) mass is 517 g/mol. The summed E-state index contributed by atoms with van der Waals surface area (Å²) in [7, 11) is 0. The maximum Gasteiger partial charge on any atom is 0.337 e. The summed E-state index contributed by atoms with van der Waals surface area (Å²) in [6, 6.07) is 3.00. The van der Waals surface area contributed by atoms with Gasteiger partial charge in [-0.25, -0.2) is 13.6 Å². The van der Waals surface area contributed by atoms with Gasteiger partial charge in [-0.1, -0.05) is 27.2 Å². The molecule has 204 valence electrons. The zero-order valence-electron chi connectivity index (χ0n) is 23.2. The molecular weight excluding hydrogens is 476 g/mol.